The van der Waals surface area contributed by atoms with Gasteiger partial charge in [0.25, 0.3) is 0 Å². The van der Waals surface area contributed by atoms with Gasteiger partial charge in [-0.1, -0.05) is 6.07 Å². The summed E-state index contributed by atoms with van der Waals surface area (Å²) in [4.78, 5) is 0.000579. The largest absolute Gasteiger partial charge is 0.457 e. The van der Waals surface area contributed by atoms with Crippen molar-refractivity contribution in [2.45, 2.75) is 29.3 Å². The predicted octanol–water partition coefficient (Wildman–Crippen LogP) is 5.53. The van der Waals surface area contributed by atoms with E-state index in [9.17, 15) is 22.7 Å². The maximum absolute atomic E-state index is 12.7. The quantitative estimate of drug-likeness (QED) is 0.558. The summed E-state index contributed by atoms with van der Waals surface area (Å²) in [6, 6.07) is 11.3. The fraction of sp³-hybridized carbons (Fsp3) is 0.278. The van der Waals surface area contributed by atoms with Crippen LogP contribution in [0.15, 0.2) is 41.3 Å². The first-order valence-electron chi connectivity index (χ1n) is 7.53. The molecule has 1 aliphatic rings. The van der Waals surface area contributed by atoms with E-state index in [4.69, 9.17) is 10.00 Å². The Morgan fingerprint density at radius 2 is 1.96 bits per heavy atom. The van der Waals surface area contributed by atoms with Crippen LogP contribution in [0.3, 0.4) is 0 Å². The molecule has 3 rings (SSSR count). The van der Waals surface area contributed by atoms with Crippen LogP contribution in [-0.2, 0) is 6.42 Å². The molecule has 2 aromatic rings. The Labute approximate surface area is 152 Å². The fourth-order valence-electron chi connectivity index (χ4n) is 2.74. The Hall–Kier alpha value is -2.24. The van der Waals surface area contributed by atoms with E-state index in [0.29, 0.717) is 42.6 Å². The van der Waals surface area contributed by atoms with Crippen LogP contribution in [0, 0.1) is 11.3 Å². The number of nitriles is 1. The molecular formula is C18H15F4NO2S. The number of alkyl halides is 4. The van der Waals surface area contributed by atoms with Gasteiger partial charge in [0.05, 0.1) is 24.9 Å². The molecule has 1 atom stereocenters. The first kappa shape index (κ1) is 20.1. The molecule has 0 bridgehead atoms. The summed E-state index contributed by atoms with van der Waals surface area (Å²) in [5.41, 5.74) is -3.13. The molecule has 0 spiro atoms. The summed E-state index contributed by atoms with van der Waals surface area (Å²) in [5.74, 6) is 0.831. The summed E-state index contributed by atoms with van der Waals surface area (Å²) in [5, 5.41) is 19.0. The van der Waals surface area contributed by atoms with Crippen molar-refractivity contribution in [1.82, 2.24) is 0 Å². The van der Waals surface area contributed by atoms with Gasteiger partial charge in [0.15, 0.2) is 0 Å². The first-order valence-corrected chi connectivity index (χ1v) is 8.34. The van der Waals surface area contributed by atoms with Crippen LogP contribution in [0.5, 0.6) is 11.5 Å². The van der Waals surface area contributed by atoms with Crippen LogP contribution in [0.25, 0.3) is 0 Å². The van der Waals surface area contributed by atoms with E-state index >= 15 is 0 Å². The lowest BCUT2D eigenvalue weighted by Gasteiger charge is -2.16. The summed E-state index contributed by atoms with van der Waals surface area (Å²) in [7, 11) is 0.500. The van der Waals surface area contributed by atoms with Gasteiger partial charge >= 0.3 is 5.51 Å². The number of hydrogen-bond acceptors (Lipinski definition) is 4. The second kappa shape index (κ2) is 8.43. The number of thioether (sulfide) groups is 1. The molecule has 8 heteroatoms. The molecule has 0 aliphatic heterocycles. The zero-order valence-corrected chi connectivity index (χ0v) is 14.5. The van der Waals surface area contributed by atoms with Crippen molar-refractivity contribution >= 4 is 11.8 Å². The van der Waals surface area contributed by atoms with Gasteiger partial charge in [0.1, 0.15) is 11.5 Å². The second-order valence-electron chi connectivity index (χ2n) is 5.30. The third-order valence-electron chi connectivity index (χ3n) is 3.69. The van der Waals surface area contributed by atoms with E-state index in [2.05, 4.69) is 0 Å². The SMILES string of the molecule is CF.N#Cc1cccc(Oc2ccc(SC(F)(F)F)c3c2CCC3O)c1. The van der Waals surface area contributed by atoms with Crippen molar-refractivity contribution in [2.24, 2.45) is 0 Å². The van der Waals surface area contributed by atoms with E-state index in [1.165, 1.54) is 12.1 Å². The zero-order valence-electron chi connectivity index (χ0n) is 13.7. The Morgan fingerprint density at radius 3 is 2.62 bits per heavy atom. The molecule has 0 saturated carbocycles. The summed E-state index contributed by atoms with van der Waals surface area (Å²) >= 11 is -0.228. The molecule has 26 heavy (non-hydrogen) atoms. The normalized spacial score (nSPS) is 15.5. The molecule has 1 unspecified atom stereocenters. The molecule has 1 N–H and O–H groups in total. The van der Waals surface area contributed by atoms with Gasteiger partial charge in [-0.05, 0) is 54.9 Å². The highest BCUT2D eigenvalue weighted by Gasteiger charge is 2.35. The lowest BCUT2D eigenvalue weighted by Crippen LogP contribution is -2.03. The minimum atomic E-state index is -4.42. The van der Waals surface area contributed by atoms with Crippen molar-refractivity contribution in [3.05, 3.63) is 53.1 Å². The minimum absolute atomic E-state index is 0.000579. The molecule has 0 heterocycles. The van der Waals surface area contributed by atoms with E-state index in [-0.39, 0.29) is 22.2 Å². The lowest BCUT2D eigenvalue weighted by molar-refractivity contribution is -0.0328. The van der Waals surface area contributed by atoms with Gasteiger partial charge in [-0.25, -0.2) is 0 Å². The van der Waals surface area contributed by atoms with E-state index in [1.807, 2.05) is 6.07 Å². The van der Waals surface area contributed by atoms with E-state index < -0.39 is 11.6 Å². The van der Waals surface area contributed by atoms with Crippen molar-refractivity contribution in [2.75, 3.05) is 7.18 Å². The number of nitrogens with zero attached hydrogens (tertiary/aromatic N) is 1. The zero-order chi connectivity index (χ0) is 19.3. The second-order valence-corrected chi connectivity index (χ2v) is 6.40. The molecule has 0 amide bonds. The molecule has 138 valence electrons. The first-order chi connectivity index (χ1) is 12.4. The molecule has 0 radical (unpaired) electrons. The molecule has 0 saturated heterocycles. The Kier molecular flexibility index (Phi) is 6.51. The third-order valence-corrected chi connectivity index (χ3v) is 4.50. The third kappa shape index (κ3) is 4.68. The number of ether oxygens (including phenoxy) is 1. The number of rotatable bonds is 3. The minimum Gasteiger partial charge on any atom is -0.457 e. The summed E-state index contributed by atoms with van der Waals surface area (Å²) < 4.78 is 53.3. The number of hydrogen-bond donors (Lipinski definition) is 1. The molecule has 0 aromatic heterocycles. The van der Waals surface area contributed by atoms with E-state index in [1.54, 1.807) is 24.3 Å². The van der Waals surface area contributed by atoms with Gasteiger partial charge in [-0.15, -0.1) is 0 Å². The number of fused-ring (bicyclic) bond motifs is 1. The average Bonchev–Trinajstić information content (AvgIpc) is 3.00. The number of benzene rings is 2. The lowest BCUT2D eigenvalue weighted by atomic mass is 10.1. The Morgan fingerprint density at radius 1 is 1.23 bits per heavy atom. The van der Waals surface area contributed by atoms with Crippen molar-refractivity contribution in [3.8, 4) is 17.6 Å². The summed E-state index contributed by atoms with van der Waals surface area (Å²) in [6.45, 7) is 0. The van der Waals surface area contributed by atoms with Gasteiger partial charge in [-0.2, -0.15) is 18.4 Å². The fourth-order valence-corrected chi connectivity index (χ4v) is 3.49. The molecule has 3 nitrogen and oxygen atoms in total. The highest BCUT2D eigenvalue weighted by atomic mass is 32.2. The highest BCUT2D eigenvalue weighted by molar-refractivity contribution is 8.00. The number of halogens is 4. The smallest absolute Gasteiger partial charge is 0.446 e. The van der Waals surface area contributed by atoms with Crippen LogP contribution in [0.1, 0.15) is 29.2 Å². The maximum Gasteiger partial charge on any atom is 0.446 e. The number of aliphatic hydroxyl groups is 1. The Balaban J connectivity index is 0.00000117. The van der Waals surface area contributed by atoms with Crippen LogP contribution >= 0.6 is 11.8 Å². The maximum atomic E-state index is 12.7. The highest BCUT2D eigenvalue weighted by Crippen LogP contribution is 2.47. The van der Waals surface area contributed by atoms with Crippen LogP contribution in [0.4, 0.5) is 17.6 Å². The molecule has 1 aliphatic carbocycles. The van der Waals surface area contributed by atoms with E-state index in [0.717, 1.165) is 0 Å². The molecular weight excluding hydrogens is 370 g/mol. The van der Waals surface area contributed by atoms with Crippen LogP contribution in [0.2, 0.25) is 0 Å². The van der Waals surface area contributed by atoms with Crippen LogP contribution < -0.4 is 4.74 Å². The van der Waals surface area contributed by atoms with Crippen LogP contribution in [-0.4, -0.2) is 17.8 Å². The predicted molar refractivity (Wildman–Crippen MR) is 89.9 cm³/mol. The summed E-state index contributed by atoms with van der Waals surface area (Å²) in [6.07, 6.45) is -0.131. The monoisotopic (exact) mass is 385 g/mol. The van der Waals surface area contributed by atoms with Crippen molar-refractivity contribution in [3.63, 3.8) is 0 Å². The molecule has 0 fully saturated rings. The number of aliphatic hydroxyl groups excluding tert-OH is 1. The average molecular weight is 385 g/mol. The standard InChI is InChI=1S/C17H12F3NO2S.CH3F/c18-17(19,20)24-15-7-6-14(12-4-5-13(22)16(12)15)23-11-3-1-2-10(8-11)9-21;1-2/h1-3,6-8,13,22H,4-5H2;1H3. The Bertz CT molecular complexity index is 818. The topological polar surface area (TPSA) is 53.2 Å². The van der Waals surface area contributed by atoms with Crippen molar-refractivity contribution in [1.29, 1.82) is 5.26 Å². The van der Waals surface area contributed by atoms with Crippen molar-refractivity contribution < 1.29 is 27.4 Å². The van der Waals surface area contributed by atoms with Gasteiger partial charge in [0, 0.05) is 16.0 Å². The molecule has 2 aromatic carbocycles. The van der Waals surface area contributed by atoms with Gasteiger partial charge in [-0.3, -0.25) is 4.39 Å². The van der Waals surface area contributed by atoms with Gasteiger partial charge < -0.3 is 9.84 Å². The van der Waals surface area contributed by atoms with Gasteiger partial charge in [0.2, 0.25) is 0 Å².